The summed E-state index contributed by atoms with van der Waals surface area (Å²) in [5, 5.41) is 12.1. The van der Waals surface area contributed by atoms with Gasteiger partial charge in [-0.05, 0) is 37.6 Å². The Balaban J connectivity index is 1.98. The summed E-state index contributed by atoms with van der Waals surface area (Å²) in [5.74, 6) is 1.74. The number of rotatable bonds is 7. The fourth-order valence-electron chi connectivity index (χ4n) is 3.52. The maximum absolute atomic E-state index is 4.27. The lowest BCUT2D eigenvalue weighted by molar-refractivity contribution is 0.206. The van der Waals surface area contributed by atoms with E-state index in [1.54, 1.807) is 0 Å². The molecule has 0 aliphatic heterocycles. The summed E-state index contributed by atoms with van der Waals surface area (Å²) in [6.45, 7) is 5.69. The van der Waals surface area contributed by atoms with Crippen LogP contribution in [0.25, 0.3) is 0 Å². The van der Waals surface area contributed by atoms with Crippen LogP contribution < -0.4 is 5.32 Å². The van der Waals surface area contributed by atoms with Gasteiger partial charge in [-0.2, -0.15) is 0 Å². The van der Waals surface area contributed by atoms with Crippen molar-refractivity contribution >= 4 is 0 Å². The largest absolute Gasteiger partial charge is 0.313 e. The van der Waals surface area contributed by atoms with Crippen molar-refractivity contribution in [2.75, 3.05) is 6.54 Å². The van der Waals surface area contributed by atoms with Crippen LogP contribution in [0.2, 0.25) is 0 Å². The average Bonchev–Trinajstić information content (AvgIpc) is 2.88. The van der Waals surface area contributed by atoms with Gasteiger partial charge in [0.15, 0.2) is 0 Å². The molecule has 0 radical (unpaired) electrons. The lowest BCUT2D eigenvalue weighted by atomic mass is 9.76. The highest BCUT2D eigenvalue weighted by molar-refractivity contribution is 4.98. The van der Waals surface area contributed by atoms with Crippen LogP contribution in [-0.2, 0) is 13.5 Å². The number of nitrogens with one attached hydrogen (secondary N) is 1. The Morgan fingerprint density at radius 2 is 2.25 bits per heavy atom. The number of hydrogen-bond acceptors (Lipinski definition) is 3. The van der Waals surface area contributed by atoms with Gasteiger partial charge in [0.1, 0.15) is 0 Å². The second-order valence-corrected chi connectivity index (χ2v) is 6.35. The molecule has 0 aromatic carbocycles. The summed E-state index contributed by atoms with van der Waals surface area (Å²) in [5.41, 5.74) is 1.12. The molecule has 2 rings (SSSR count). The Morgan fingerprint density at radius 1 is 1.40 bits per heavy atom. The number of aromatic nitrogens is 3. The third-order valence-corrected chi connectivity index (χ3v) is 4.71. The first-order chi connectivity index (χ1) is 9.72. The van der Waals surface area contributed by atoms with E-state index < -0.39 is 0 Å². The molecule has 1 aromatic heterocycles. The smallest absolute Gasteiger partial charge is 0.0842 e. The van der Waals surface area contributed by atoms with E-state index in [2.05, 4.69) is 35.7 Å². The highest BCUT2D eigenvalue weighted by Crippen LogP contribution is 2.33. The predicted octanol–water partition coefficient (Wildman–Crippen LogP) is 2.94. The molecule has 4 heteroatoms. The zero-order valence-corrected chi connectivity index (χ0v) is 13.3. The Morgan fingerprint density at radius 3 is 2.90 bits per heavy atom. The van der Waals surface area contributed by atoms with Crippen LogP contribution in [0.3, 0.4) is 0 Å². The highest BCUT2D eigenvalue weighted by atomic mass is 15.4. The van der Waals surface area contributed by atoms with Crippen LogP contribution in [0, 0.1) is 11.8 Å². The van der Waals surface area contributed by atoms with Crippen molar-refractivity contribution in [3.05, 3.63) is 11.9 Å². The first kappa shape index (κ1) is 15.5. The van der Waals surface area contributed by atoms with Crippen molar-refractivity contribution in [2.45, 2.75) is 64.8 Å². The van der Waals surface area contributed by atoms with E-state index in [0.717, 1.165) is 30.5 Å². The number of hydrogen-bond donors (Lipinski definition) is 1. The molecule has 1 N–H and O–H groups in total. The standard InChI is InChI=1S/C16H30N4/c1-4-9-17-16(11-15-12-20(3)19-18-15)14-8-6-7-13(5-2)10-14/h12-14,16-17H,4-11H2,1-3H3. The second kappa shape index (κ2) is 7.77. The average molecular weight is 278 g/mol. The molecule has 4 nitrogen and oxygen atoms in total. The molecule has 20 heavy (non-hydrogen) atoms. The summed E-state index contributed by atoms with van der Waals surface area (Å²) in [6.07, 6.45) is 11.2. The summed E-state index contributed by atoms with van der Waals surface area (Å²) >= 11 is 0. The fraction of sp³-hybridized carbons (Fsp3) is 0.875. The molecule has 1 heterocycles. The van der Waals surface area contributed by atoms with E-state index in [1.807, 2.05) is 11.7 Å². The van der Waals surface area contributed by atoms with Crippen LogP contribution in [0.4, 0.5) is 0 Å². The molecule has 1 aliphatic rings. The van der Waals surface area contributed by atoms with E-state index in [1.165, 1.54) is 38.5 Å². The molecule has 1 fully saturated rings. The Bertz CT molecular complexity index is 388. The Labute approximate surface area is 123 Å². The van der Waals surface area contributed by atoms with Crippen LogP contribution >= 0.6 is 0 Å². The molecule has 0 amide bonds. The SMILES string of the molecule is CCCNC(Cc1cn(C)nn1)C1CCCC(CC)C1. The predicted molar refractivity (Wildman–Crippen MR) is 82.5 cm³/mol. The lowest BCUT2D eigenvalue weighted by Gasteiger charge is -2.34. The Kier molecular flexibility index (Phi) is 6.02. The van der Waals surface area contributed by atoms with Crippen molar-refractivity contribution in [3.8, 4) is 0 Å². The van der Waals surface area contributed by atoms with E-state index in [0.29, 0.717) is 6.04 Å². The van der Waals surface area contributed by atoms with E-state index in [9.17, 15) is 0 Å². The molecule has 0 bridgehead atoms. The third-order valence-electron chi connectivity index (χ3n) is 4.71. The van der Waals surface area contributed by atoms with Crippen molar-refractivity contribution in [1.29, 1.82) is 0 Å². The molecular formula is C16H30N4. The lowest BCUT2D eigenvalue weighted by Crippen LogP contribution is -2.40. The fourth-order valence-corrected chi connectivity index (χ4v) is 3.52. The van der Waals surface area contributed by atoms with Crippen LogP contribution in [0.15, 0.2) is 6.20 Å². The minimum Gasteiger partial charge on any atom is -0.313 e. The second-order valence-electron chi connectivity index (χ2n) is 6.35. The summed E-state index contributed by atoms with van der Waals surface area (Å²) in [6, 6.07) is 0.570. The molecule has 114 valence electrons. The molecule has 1 aromatic rings. The molecule has 1 aliphatic carbocycles. The quantitative estimate of drug-likeness (QED) is 0.834. The van der Waals surface area contributed by atoms with Gasteiger partial charge in [-0.25, -0.2) is 0 Å². The number of aryl methyl sites for hydroxylation is 1. The molecule has 3 unspecified atom stereocenters. The normalized spacial score (nSPS) is 24.8. The van der Waals surface area contributed by atoms with Crippen molar-refractivity contribution in [3.63, 3.8) is 0 Å². The van der Waals surface area contributed by atoms with E-state index in [4.69, 9.17) is 0 Å². The van der Waals surface area contributed by atoms with Gasteiger partial charge < -0.3 is 5.32 Å². The van der Waals surface area contributed by atoms with Gasteiger partial charge >= 0.3 is 0 Å². The van der Waals surface area contributed by atoms with Gasteiger partial charge in [0.2, 0.25) is 0 Å². The van der Waals surface area contributed by atoms with Crippen molar-refractivity contribution in [1.82, 2.24) is 20.3 Å². The van der Waals surface area contributed by atoms with Gasteiger partial charge in [-0.3, -0.25) is 4.68 Å². The van der Waals surface area contributed by atoms with Crippen LogP contribution in [-0.4, -0.2) is 27.6 Å². The monoisotopic (exact) mass is 278 g/mol. The van der Waals surface area contributed by atoms with Crippen LogP contribution in [0.1, 0.15) is 58.1 Å². The topological polar surface area (TPSA) is 42.7 Å². The summed E-state index contributed by atoms with van der Waals surface area (Å²) in [4.78, 5) is 0. The van der Waals surface area contributed by atoms with Gasteiger partial charge in [-0.1, -0.05) is 38.3 Å². The minimum absolute atomic E-state index is 0.570. The zero-order valence-electron chi connectivity index (χ0n) is 13.3. The zero-order chi connectivity index (χ0) is 14.4. The number of nitrogens with zero attached hydrogens (tertiary/aromatic N) is 3. The van der Waals surface area contributed by atoms with Crippen LogP contribution in [0.5, 0.6) is 0 Å². The maximum atomic E-state index is 4.27. The van der Waals surface area contributed by atoms with E-state index in [-0.39, 0.29) is 0 Å². The molecular weight excluding hydrogens is 248 g/mol. The first-order valence-corrected chi connectivity index (χ1v) is 8.31. The van der Waals surface area contributed by atoms with Crippen molar-refractivity contribution < 1.29 is 0 Å². The molecule has 0 saturated heterocycles. The molecule has 0 spiro atoms. The Hall–Kier alpha value is -0.900. The third kappa shape index (κ3) is 4.30. The van der Waals surface area contributed by atoms with Crippen molar-refractivity contribution in [2.24, 2.45) is 18.9 Å². The first-order valence-electron chi connectivity index (χ1n) is 8.31. The summed E-state index contributed by atoms with van der Waals surface area (Å²) in [7, 11) is 1.94. The van der Waals surface area contributed by atoms with Gasteiger partial charge in [0, 0.05) is 25.7 Å². The highest BCUT2D eigenvalue weighted by Gasteiger charge is 2.28. The van der Waals surface area contributed by atoms with E-state index >= 15 is 0 Å². The summed E-state index contributed by atoms with van der Waals surface area (Å²) < 4.78 is 1.81. The minimum atomic E-state index is 0.570. The maximum Gasteiger partial charge on any atom is 0.0842 e. The van der Waals surface area contributed by atoms with Gasteiger partial charge in [-0.15, -0.1) is 5.10 Å². The molecule has 3 atom stereocenters. The van der Waals surface area contributed by atoms with Gasteiger partial charge in [0.25, 0.3) is 0 Å². The van der Waals surface area contributed by atoms with Gasteiger partial charge in [0.05, 0.1) is 5.69 Å². The molecule has 1 saturated carbocycles.